The maximum absolute atomic E-state index is 11.8. The summed E-state index contributed by atoms with van der Waals surface area (Å²) in [6.45, 7) is 2.24. The van der Waals surface area contributed by atoms with Crippen molar-refractivity contribution in [2.45, 2.75) is 13.0 Å². The van der Waals surface area contributed by atoms with Crippen molar-refractivity contribution in [2.75, 3.05) is 6.54 Å². The van der Waals surface area contributed by atoms with Crippen LogP contribution in [-0.2, 0) is 0 Å². The molecule has 2 aromatic rings. The lowest BCUT2D eigenvalue weighted by atomic mass is 10.2. The van der Waals surface area contributed by atoms with Gasteiger partial charge in [-0.1, -0.05) is 12.1 Å². The predicted molar refractivity (Wildman–Crippen MR) is 69.9 cm³/mol. The van der Waals surface area contributed by atoms with E-state index in [0.29, 0.717) is 17.9 Å². The molecule has 2 rings (SSSR count). The summed E-state index contributed by atoms with van der Waals surface area (Å²) in [4.78, 5) is 11.8. The van der Waals surface area contributed by atoms with Gasteiger partial charge < -0.3 is 15.5 Å². The molecule has 0 aliphatic carbocycles. The Labute approximate surface area is 107 Å². The van der Waals surface area contributed by atoms with E-state index in [1.807, 2.05) is 25.1 Å². The molecular weight excluding hydrogens is 284 g/mol. The number of benzene rings is 1. The standard InChI is InChI=1S/C12H13BrN2O2/c1-7(6-14)15-12(16)10-5-8-3-2-4-9(13)11(8)17-10/h2-5,7H,6,14H2,1H3,(H,15,16)/t7-/m1/s1. The molecule has 1 amide bonds. The van der Waals surface area contributed by atoms with E-state index in [9.17, 15) is 4.79 Å². The fourth-order valence-electron chi connectivity index (χ4n) is 1.49. The van der Waals surface area contributed by atoms with E-state index in [0.717, 1.165) is 9.86 Å². The summed E-state index contributed by atoms with van der Waals surface area (Å²) in [6, 6.07) is 7.31. The molecule has 0 radical (unpaired) electrons. The maximum atomic E-state index is 11.8. The highest BCUT2D eigenvalue weighted by molar-refractivity contribution is 9.10. The zero-order valence-electron chi connectivity index (χ0n) is 9.37. The molecule has 3 N–H and O–H groups in total. The SMILES string of the molecule is C[C@H](CN)NC(=O)c1cc2cccc(Br)c2o1. The van der Waals surface area contributed by atoms with Crippen molar-refractivity contribution in [1.29, 1.82) is 0 Å². The van der Waals surface area contributed by atoms with E-state index < -0.39 is 0 Å². The number of hydrogen-bond donors (Lipinski definition) is 2. The molecule has 17 heavy (non-hydrogen) atoms. The van der Waals surface area contributed by atoms with E-state index in [1.54, 1.807) is 6.07 Å². The fraction of sp³-hybridized carbons (Fsp3) is 0.250. The van der Waals surface area contributed by atoms with Crippen LogP contribution in [0.2, 0.25) is 0 Å². The van der Waals surface area contributed by atoms with Crippen molar-refractivity contribution < 1.29 is 9.21 Å². The first-order valence-electron chi connectivity index (χ1n) is 5.31. The number of halogens is 1. The number of nitrogens with two attached hydrogens (primary N) is 1. The quantitative estimate of drug-likeness (QED) is 0.913. The van der Waals surface area contributed by atoms with Crippen LogP contribution in [0.4, 0.5) is 0 Å². The van der Waals surface area contributed by atoms with Gasteiger partial charge >= 0.3 is 0 Å². The van der Waals surface area contributed by atoms with Gasteiger partial charge in [0, 0.05) is 18.0 Å². The minimum Gasteiger partial charge on any atom is -0.450 e. The second kappa shape index (κ2) is 4.89. The summed E-state index contributed by atoms with van der Waals surface area (Å²) in [5.74, 6) is 0.0539. The number of carbonyl (C=O) groups excluding carboxylic acids is 1. The Hall–Kier alpha value is -1.33. The molecule has 0 spiro atoms. The van der Waals surface area contributed by atoms with Crippen molar-refractivity contribution in [3.8, 4) is 0 Å². The van der Waals surface area contributed by atoms with Gasteiger partial charge in [-0.15, -0.1) is 0 Å². The summed E-state index contributed by atoms with van der Waals surface area (Å²) in [7, 11) is 0. The third-order valence-corrected chi connectivity index (χ3v) is 3.08. The third-order valence-electron chi connectivity index (χ3n) is 2.45. The molecule has 1 heterocycles. The van der Waals surface area contributed by atoms with Crippen LogP contribution in [0.1, 0.15) is 17.5 Å². The summed E-state index contributed by atoms with van der Waals surface area (Å²) in [5.41, 5.74) is 6.12. The second-order valence-corrected chi connectivity index (χ2v) is 4.73. The summed E-state index contributed by atoms with van der Waals surface area (Å²) >= 11 is 3.38. The number of rotatable bonds is 3. The Balaban J connectivity index is 2.30. The van der Waals surface area contributed by atoms with Gasteiger partial charge in [0.1, 0.15) is 5.58 Å². The molecule has 5 heteroatoms. The highest BCUT2D eigenvalue weighted by Gasteiger charge is 2.14. The van der Waals surface area contributed by atoms with Crippen molar-refractivity contribution in [3.63, 3.8) is 0 Å². The number of furan rings is 1. The average molecular weight is 297 g/mol. The van der Waals surface area contributed by atoms with Gasteiger partial charge in [-0.05, 0) is 35.0 Å². The smallest absolute Gasteiger partial charge is 0.287 e. The van der Waals surface area contributed by atoms with E-state index >= 15 is 0 Å². The topological polar surface area (TPSA) is 68.3 Å². The van der Waals surface area contributed by atoms with Crippen molar-refractivity contribution in [2.24, 2.45) is 5.73 Å². The first-order chi connectivity index (χ1) is 8.11. The maximum Gasteiger partial charge on any atom is 0.287 e. The molecule has 0 saturated heterocycles. The average Bonchev–Trinajstić information content (AvgIpc) is 2.74. The molecule has 4 nitrogen and oxygen atoms in total. The number of hydrogen-bond acceptors (Lipinski definition) is 3. The molecule has 0 fully saturated rings. The second-order valence-electron chi connectivity index (χ2n) is 3.88. The molecule has 1 aromatic carbocycles. The number of para-hydroxylation sites is 1. The Kier molecular flexibility index (Phi) is 3.49. The van der Waals surface area contributed by atoms with Crippen LogP contribution in [0.15, 0.2) is 33.2 Å². The Bertz CT molecular complexity index is 550. The first-order valence-corrected chi connectivity index (χ1v) is 6.10. The normalized spacial score (nSPS) is 12.6. The minimum absolute atomic E-state index is 0.0702. The highest BCUT2D eigenvalue weighted by Crippen LogP contribution is 2.26. The molecule has 90 valence electrons. The molecular formula is C12H13BrN2O2. The largest absolute Gasteiger partial charge is 0.450 e. The molecule has 1 aromatic heterocycles. The highest BCUT2D eigenvalue weighted by atomic mass is 79.9. The zero-order valence-corrected chi connectivity index (χ0v) is 11.0. The fourth-order valence-corrected chi connectivity index (χ4v) is 1.96. The van der Waals surface area contributed by atoms with Crippen LogP contribution in [0, 0.1) is 0 Å². The van der Waals surface area contributed by atoms with Crippen LogP contribution < -0.4 is 11.1 Å². The summed E-state index contributed by atoms with van der Waals surface area (Å²) in [6.07, 6.45) is 0. The van der Waals surface area contributed by atoms with Crippen LogP contribution in [0.3, 0.4) is 0 Å². The number of fused-ring (bicyclic) bond motifs is 1. The van der Waals surface area contributed by atoms with Crippen molar-refractivity contribution in [1.82, 2.24) is 5.32 Å². The van der Waals surface area contributed by atoms with Gasteiger partial charge in [0.05, 0.1) is 4.47 Å². The van der Waals surface area contributed by atoms with Crippen molar-refractivity contribution >= 4 is 32.8 Å². The van der Waals surface area contributed by atoms with Crippen molar-refractivity contribution in [3.05, 3.63) is 34.5 Å². The Morgan fingerprint density at radius 3 is 3.00 bits per heavy atom. The monoisotopic (exact) mass is 296 g/mol. The molecule has 0 bridgehead atoms. The third kappa shape index (κ3) is 2.50. The van der Waals surface area contributed by atoms with Gasteiger partial charge in [-0.3, -0.25) is 4.79 Å². The lowest BCUT2D eigenvalue weighted by Crippen LogP contribution is -2.37. The Morgan fingerprint density at radius 1 is 1.59 bits per heavy atom. The van der Waals surface area contributed by atoms with Crippen LogP contribution in [0.25, 0.3) is 11.0 Å². The van der Waals surface area contributed by atoms with Gasteiger partial charge in [0.25, 0.3) is 5.91 Å². The predicted octanol–water partition coefficient (Wildman–Crippen LogP) is 2.27. The van der Waals surface area contributed by atoms with E-state index in [4.69, 9.17) is 10.2 Å². The van der Waals surface area contributed by atoms with Crippen LogP contribution in [0.5, 0.6) is 0 Å². The Morgan fingerprint density at radius 2 is 2.35 bits per heavy atom. The lowest BCUT2D eigenvalue weighted by molar-refractivity contribution is 0.0915. The molecule has 1 atom stereocenters. The number of amides is 1. The zero-order chi connectivity index (χ0) is 12.4. The van der Waals surface area contributed by atoms with Gasteiger partial charge in [0.15, 0.2) is 5.76 Å². The molecule has 0 saturated carbocycles. The molecule has 0 unspecified atom stereocenters. The van der Waals surface area contributed by atoms with Gasteiger partial charge in [-0.25, -0.2) is 0 Å². The number of nitrogens with one attached hydrogen (secondary N) is 1. The van der Waals surface area contributed by atoms with E-state index in [2.05, 4.69) is 21.2 Å². The van der Waals surface area contributed by atoms with Gasteiger partial charge in [-0.2, -0.15) is 0 Å². The molecule has 0 aliphatic heterocycles. The lowest BCUT2D eigenvalue weighted by Gasteiger charge is -2.08. The minimum atomic E-state index is -0.244. The summed E-state index contributed by atoms with van der Waals surface area (Å²) < 4.78 is 6.34. The molecule has 0 aliphatic rings. The van der Waals surface area contributed by atoms with Crippen LogP contribution in [-0.4, -0.2) is 18.5 Å². The summed E-state index contributed by atoms with van der Waals surface area (Å²) in [5, 5.41) is 3.65. The first kappa shape index (κ1) is 12.1. The van der Waals surface area contributed by atoms with Gasteiger partial charge in [0.2, 0.25) is 0 Å². The number of carbonyl (C=O) groups is 1. The van der Waals surface area contributed by atoms with Crippen LogP contribution >= 0.6 is 15.9 Å². The van der Waals surface area contributed by atoms with E-state index in [-0.39, 0.29) is 11.9 Å². The van der Waals surface area contributed by atoms with E-state index in [1.165, 1.54) is 0 Å².